The number of aromatic nitrogens is 6. The Morgan fingerprint density at radius 2 is 1.41 bits per heavy atom. The number of rotatable bonds is 4. The predicted molar refractivity (Wildman–Crippen MR) is 185 cm³/mol. The minimum atomic E-state index is -0.207. The zero-order valence-electron chi connectivity index (χ0n) is 25.6. The van der Waals surface area contributed by atoms with E-state index in [1.54, 1.807) is 0 Å². The molecule has 0 bridgehead atoms. The Labute approximate surface area is 266 Å². The van der Waals surface area contributed by atoms with E-state index in [1.807, 2.05) is 48.9 Å². The molecule has 9 rings (SSSR count). The highest BCUT2D eigenvalue weighted by Crippen LogP contribution is 2.47. The first kappa shape index (κ1) is 26.6. The van der Waals surface area contributed by atoms with E-state index in [4.69, 9.17) is 19.9 Å². The summed E-state index contributed by atoms with van der Waals surface area (Å²) < 4.78 is 2.36. The van der Waals surface area contributed by atoms with Crippen LogP contribution in [0.1, 0.15) is 43.6 Å². The van der Waals surface area contributed by atoms with E-state index in [2.05, 4.69) is 96.2 Å². The number of hydrogen-bond donors (Lipinski definition) is 0. The molecule has 1 aliphatic carbocycles. The molecule has 5 heterocycles. The van der Waals surface area contributed by atoms with Crippen LogP contribution in [0.4, 0.5) is 0 Å². The first-order valence-electron chi connectivity index (χ1n) is 15.7. The molecule has 0 unspecified atom stereocenters. The van der Waals surface area contributed by atoms with Gasteiger partial charge in [0.1, 0.15) is 0 Å². The van der Waals surface area contributed by atoms with Crippen LogP contribution in [0.3, 0.4) is 0 Å². The zero-order chi connectivity index (χ0) is 30.8. The highest BCUT2D eigenvalue weighted by atomic mass is 15.0. The minimum Gasteiger partial charge on any atom is -0.307 e. The summed E-state index contributed by atoms with van der Waals surface area (Å²) in [6, 6.07) is 29.8. The van der Waals surface area contributed by atoms with Gasteiger partial charge in [-0.2, -0.15) is 0 Å². The maximum atomic E-state index is 4.94. The van der Waals surface area contributed by atoms with Crippen molar-refractivity contribution in [2.75, 3.05) is 0 Å². The van der Waals surface area contributed by atoms with E-state index in [0.29, 0.717) is 17.5 Å². The van der Waals surface area contributed by atoms with E-state index >= 15 is 0 Å². The third-order valence-electron chi connectivity index (χ3n) is 9.42. The van der Waals surface area contributed by atoms with Crippen LogP contribution in [0.5, 0.6) is 0 Å². The summed E-state index contributed by atoms with van der Waals surface area (Å²) >= 11 is 0. The number of pyridine rings is 2. The second kappa shape index (κ2) is 10.1. The smallest absolute Gasteiger partial charge is 0.164 e. The summed E-state index contributed by atoms with van der Waals surface area (Å²) in [6.45, 7) is 4.62. The fraction of sp³-hybridized carbons (Fsp3) is 0.125. The van der Waals surface area contributed by atoms with Gasteiger partial charge in [-0.1, -0.05) is 92.7 Å². The molecule has 46 heavy (non-hydrogen) atoms. The Balaban J connectivity index is 1.14. The van der Waals surface area contributed by atoms with Crippen molar-refractivity contribution in [2.45, 2.75) is 32.1 Å². The van der Waals surface area contributed by atoms with Gasteiger partial charge in [0.05, 0.1) is 22.2 Å². The number of benzene rings is 3. The second-order valence-corrected chi connectivity index (χ2v) is 12.5. The van der Waals surface area contributed by atoms with Crippen molar-refractivity contribution >= 4 is 27.5 Å². The Bertz CT molecular complexity index is 2380. The molecule has 220 valence electrons. The summed E-state index contributed by atoms with van der Waals surface area (Å²) in [5.41, 5.74) is 12.1. The third-order valence-corrected chi connectivity index (χ3v) is 9.42. The van der Waals surface area contributed by atoms with Crippen LogP contribution in [0.25, 0.3) is 67.1 Å². The molecule has 3 aromatic carbocycles. The van der Waals surface area contributed by atoms with Gasteiger partial charge in [-0.05, 0) is 59.4 Å². The summed E-state index contributed by atoms with van der Waals surface area (Å²) in [5.74, 6) is 2.06. The van der Waals surface area contributed by atoms with Crippen LogP contribution in [0, 0.1) is 0 Å². The highest BCUT2D eigenvalue weighted by molar-refractivity contribution is 6.09. The fourth-order valence-corrected chi connectivity index (χ4v) is 7.01. The van der Waals surface area contributed by atoms with E-state index in [1.165, 1.54) is 27.9 Å². The predicted octanol–water partition coefficient (Wildman–Crippen LogP) is 9.13. The quantitative estimate of drug-likeness (QED) is 0.203. The van der Waals surface area contributed by atoms with Crippen molar-refractivity contribution in [1.82, 2.24) is 29.5 Å². The van der Waals surface area contributed by atoms with Gasteiger partial charge in [0.15, 0.2) is 17.5 Å². The maximum absolute atomic E-state index is 4.94. The SMILES string of the molecule is CC1(C)c2cc(-c3ccc(-c4nc(C5=CCCC=C5)nc(-c5ccccc5)n4)cc3)ccc2-n2c3ccncc3c3nccc1c32. The van der Waals surface area contributed by atoms with Crippen molar-refractivity contribution < 1.29 is 0 Å². The van der Waals surface area contributed by atoms with Gasteiger partial charge < -0.3 is 4.57 Å². The lowest BCUT2D eigenvalue weighted by molar-refractivity contribution is 0.629. The Morgan fingerprint density at radius 1 is 0.674 bits per heavy atom. The largest absolute Gasteiger partial charge is 0.307 e. The Kier molecular flexibility index (Phi) is 5.87. The Morgan fingerprint density at radius 3 is 2.20 bits per heavy atom. The lowest BCUT2D eigenvalue weighted by atomic mass is 9.74. The number of nitrogens with zero attached hydrogens (tertiary/aromatic N) is 6. The lowest BCUT2D eigenvalue weighted by Gasteiger charge is -2.34. The highest BCUT2D eigenvalue weighted by Gasteiger charge is 2.35. The summed E-state index contributed by atoms with van der Waals surface area (Å²) in [6.07, 6.45) is 14.3. The average molecular weight is 595 g/mol. The molecule has 0 N–H and O–H groups in total. The third kappa shape index (κ3) is 4.07. The fourth-order valence-electron chi connectivity index (χ4n) is 7.01. The number of fused-ring (bicyclic) bond motifs is 5. The van der Waals surface area contributed by atoms with Gasteiger partial charge in [0.2, 0.25) is 0 Å². The molecule has 0 amide bonds. The van der Waals surface area contributed by atoms with Crippen LogP contribution >= 0.6 is 0 Å². The van der Waals surface area contributed by atoms with Crippen LogP contribution in [0.2, 0.25) is 0 Å². The topological polar surface area (TPSA) is 69.4 Å². The molecule has 1 aliphatic heterocycles. The minimum absolute atomic E-state index is 0.207. The van der Waals surface area contributed by atoms with Gasteiger partial charge in [-0.3, -0.25) is 9.97 Å². The first-order chi connectivity index (χ1) is 22.6. The lowest BCUT2D eigenvalue weighted by Crippen LogP contribution is -2.26. The summed E-state index contributed by atoms with van der Waals surface area (Å²) in [4.78, 5) is 23.9. The molecule has 6 heteroatoms. The first-order valence-corrected chi connectivity index (χ1v) is 15.7. The molecule has 0 atom stereocenters. The monoisotopic (exact) mass is 594 g/mol. The van der Waals surface area contributed by atoms with Crippen LogP contribution < -0.4 is 0 Å². The summed E-state index contributed by atoms with van der Waals surface area (Å²) in [7, 11) is 0. The van der Waals surface area contributed by atoms with E-state index in [-0.39, 0.29) is 5.41 Å². The molecular formula is C40H30N6. The van der Waals surface area contributed by atoms with Crippen LogP contribution in [-0.4, -0.2) is 29.5 Å². The van der Waals surface area contributed by atoms with E-state index < -0.39 is 0 Å². The van der Waals surface area contributed by atoms with Crippen molar-refractivity contribution in [3.63, 3.8) is 0 Å². The molecule has 4 aromatic heterocycles. The molecule has 0 saturated heterocycles. The average Bonchev–Trinajstić information content (AvgIpc) is 3.46. The van der Waals surface area contributed by atoms with Crippen LogP contribution in [-0.2, 0) is 5.41 Å². The van der Waals surface area contributed by atoms with Crippen molar-refractivity contribution in [3.05, 3.63) is 139 Å². The van der Waals surface area contributed by atoms with Crippen LogP contribution in [0.15, 0.2) is 122 Å². The van der Waals surface area contributed by atoms with Crippen molar-refractivity contribution in [1.29, 1.82) is 0 Å². The van der Waals surface area contributed by atoms with Gasteiger partial charge in [0.25, 0.3) is 0 Å². The van der Waals surface area contributed by atoms with E-state index in [0.717, 1.165) is 51.5 Å². The molecule has 0 radical (unpaired) electrons. The standard InChI is InChI=1S/C40H30N6/c1-40(2)31-19-22-42-35-30-24-41-21-20-33(30)46(36(31)35)34-18-17-29(23-32(34)40)25-13-15-28(16-14-25)39-44-37(26-9-5-3-6-10-26)43-38(45-39)27-11-7-4-8-12-27/h3,5-7,9-24H,4,8H2,1-2H3. The number of allylic oxidation sites excluding steroid dienone is 4. The summed E-state index contributed by atoms with van der Waals surface area (Å²) in [5, 5.41) is 1.08. The molecule has 0 spiro atoms. The van der Waals surface area contributed by atoms with Crippen molar-refractivity contribution in [2.24, 2.45) is 0 Å². The molecule has 6 nitrogen and oxygen atoms in total. The molecular weight excluding hydrogens is 564 g/mol. The molecule has 0 saturated carbocycles. The van der Waals surface area contributed by atoms with Gasteiger partial charge in [-0.15, -0.1) is 0 Å². The van der Waals surface area contributed by atoms with Gasteiger partial charge >= 0.3 is 0 Å². The van der Waals surface area contributed by atoms with Gasteiger partial charge in [-0.25, -0.2) is 15.0 Å². The second-order valence-electron chi connectivity index (χ2n) is 12.5. The Hall–Kier alpha value is -5.75. The maximum Gasteiger partial charge on any atom is 0.164 e. The zero-order valence-corrected chi connectivity index (χ0v) is 25.6. The normalized spacial score (nSPS) is 14.8. The molecule has 2 aliphatic rings. The molecule has 0 fully saturated rings. The number of hydrogen-bond acceptors (Lipinski definition) is 5. The molecule has 7 aromatic rings. The van der Waals surface area contributed by atoms with Gasteiger partial charge in [0, 0.05) is 46.1 Å². The van der Waals surface area contributed by atoms with Crippen molar-refractivity contribution in [3.8, 4) is 39.6 Å². The van der Waals surface area contributed by atoms with E-state index in [9.17, 15) is 0 Å².